The van der Waals surface area contributed by atoms with Crippen molar-refractivity contribution in [2.45, 2.75) is 44.3 Å². The van der Waals surface area contributed by atoms with E-state index in [1.807, 2.05) is 31.2 Å². The molecule has 0 radical (unpaired) electrons. The van der Waals surface area contributed by atoms with Crippen LogP contribution in [-0.4, -0.2) is 25.8 Å². The quantitative estimate of drug-likeness (QED) is 0.679. The molecule has 1 amide bonds. The first kappa shape index (κ1) is 19.2. The fourth-order valence-electron chi connectivity index (χ4n) is 3.51. The Bertz CT molecular complexity index is 1070. The van der Waals surface area contributed by atoms with Crippen molar-refractivity contribution < 1.29 is 22.5 Å². The molecular formula is C19H18F3N5O2. The second kappa shape index (κ2) is 6.71. The minimum atomic E-state index is -4.65. The number of carbonyl (C=O) groups is 1. The van der Waals surface area contributed by atoms with E-state index in [0.29, 0.717) is 10.5 Å². The molecule has 0 bridgehead atoms. The third kappa shape index (κ3) is 3.50. The number of hydrogen-bond donors (Lipinski definition) is 1. The molecular weight excluding hydrogens is 387 g/mol. The fourth-order valence-corrected chi connectivity index (χ4v) is 3.51. The molecule has 1 aliphatic rings. The van der Waals surface area contributed by atoms with Gasteiger partial charge in [0.25, 0.3) is 5.89 Å². The Labute approximate surface area is 163 Å². The van der Waals surface area contributed by atoms with Crippen LogP contribution in [0.3, 0.4) is 0 Å². The van der Waals surface area contributed by atoms with Crippen LogP contribution < -0.4 is 5.73 Å². The summed E-state index contributed by atoms with van der Waals surface area (Å²) in [5, 5.41) is 7.95. The minimum Gasteiger partial charge on any atom is -0.370 e. The van der Waals surface area contributed by atoms with Crippen LogP contribution in [0.2, 0.25) is 0 Å². The minimum absolute atomic E-state index is 0.0943. The van der Waals surface area contributed by atoms with Gasteiger partial charge in [-0.1, -0.05) is 29.4 Å². The largest absolute Gasteiger partial charge is 0.433 e. The molecule has 0 atom stereocenters. The summed E-state index contributed by atoms with van der Waals surface area (Å²) in [5.74, 6) is -0.380. The fraction of sp³-hybridized carbons (Fsp3) is 0.368. The lowest BCUT2D eigenvalue weighted by Crippen LogP contribution is -2.19. The van der Waals surface area contributed by atoms with E-state index in [1.165, 1.54) is 0 Å². The zero-order valence-electron chi connectivity index (χ0n) is 15.5. The molecule has 0 aliphatic heterocycles. The first-order valence-corrected chi connectivity index (χ1v) is 9.05. The Morgan fingerprint density at radius 3 is 2.66 bits per heavy atom. The van der Waals surface area contributed by atoms with E-state index in [4.69, 9.17) is 10.3 Å². The lowest BCUT2D eigenvalue weighted by atomic mass is 9.91. The third-order valence-electron chi connectivity index (χ3n) is 5.12. The van der Waals surface area contributed by atoms with Crippen LogP contribution in [0.4, 0.5) is 13.2 Å². The molecule has 1 fully saturated rings. The van der Waals surface area contributed by atoms with Gasteiger partial charge in [0.1, 0.15) is 5.69 Å². The molecule has 0 spiro atoms. The average molecular weight is 405 g/mol. The second-order valence-electron chi connectivity index (χ2n) is 7.17. The number of halogens is 3. The Kier molecular flexibility index (Phi) is 4.44. The number of rotatable bonds is 6. The number of aromatic nitrogens is 4. The first-order chi connectivity index (χ1) is 13.7. The number of primary amides is 1. The van der Waals surface area contributed by atoms with Gasteiger partial charge in [0.2, 0.25) is 5.91 Å². The van der Waals surface area contributed by atoms with Crippen LogP contribution >= 0.6 is 0 Å². The lowest BCUT2D eigenvalue weighted by molar-refractivity contribution is -0.144. The highest BCUT2D eigenvalue weighted by Crippen LogP contribution is 2.53. The highest BCUT2D eigenvalue weighted by molar-refractivity contribution is 5.73. The number of carbonyl (C=O) groups excluding carboxylic acids is 1. The Morgan fingerprint density at radius 1 is 1.31 bits per heavy atom. The number of aryl methyl sites for hydroxylation is 2. The predicted octanol–water partition coefficient (Wildman–Crippen LogP) is 3.22. The Hall–Kier alpha value is -3.17. The van der Waals surface area contributed by atoms with Gasteiger partial charge in [-0.05, 0) is 30.9 Å². The SMILES string of the molecule is Cc1ccccc1C1(c2noc(-c3cc(C(F)(F)F)n(CCC(N)=O)n3)n2)CC1. The maximum Gasteiger partial charge on any atom is 0.433 e. The van der Waals surface area contributed by atoms with E-state index in [-0.39, 0.29) is 30.0 Å². The van der Waals surface area contributed by atoms with Crippen LogP contribution in [0.5, 0.6) is 0 Å². The maximum atomic E-state index is 13.3. The maximum absolute atomic E-state index is 13.3. The summed E-state index contributed by atoms with van der Waals surface area (Å²) in [6.45, 7) is 1.70. The number of nitrogens with zero attached hydrogens (tertiary/aromatic N) is 4. The molecule has 1 aliphatic carbocycles. The summed E-state index contributed by atoms with van der Waals surface area (Å²) in [6.07, 6.45) is -3.25. The molecule has 3 aromatic rings. The van der Waals surface area contributed by atoms with Crippen LogP contribution in [-0.2, 0) is 22.9 Å². The van der Waals surface area contributed by atoms with Crippen molar-refractivity contribution in [1.29, 1.82) is 0 Å². The van der Waals surface area contributed by atoms with Gasteiger partial charge in [-0.15, -0.1) is 0 Å². The van der Waals surface area contributed by atoms with Gasteiger partial charge in [-0.25, -0.2) is 0 Å². The van der Waals surface area contributed by atoms with E-state index in [1.54, 1.807) is 0 Å². The first-order valence-electron chi connectivity index (χ1n) is 9.05. The molecule has 152 valence electrons. The standard InChI is InChI=1S/C19H18F3N5O2/c1-11-4-2-3-5-12(11)18(7-8-18)17-24-16(29-26-17)13-10-14(19(20,21)22)27(25-13)9-6-15(23)28/h2-5,10H,6-9H2,1H3,(H2,23,28). The van der Waals surface area contributed by atoms with Crippen molar-refractivity contribution in [3.8, 4) is 11.6 Å². The number of alkyl halides is 3. The highest BCUT2D eigenvalue weighted by Gasteiger charge is 2.50. The van der Waals surface area contributed by atoms with Crippen LogP contribution in [0.15, 0.2) is 34.9 Å². The normalized spacial score (nSPS) is 15.4. The number of nitrogens with two attached hydrogens (primary N) is 1. The van der Waals surface area contributed by atoms with Crippen LogP contribution in [0.25, 0.3) is 11.6 Å². The molecule has 1 aromatic carbocycles. The van der Waals surface area contributed by atoms with Crippen molar-refractivity contribution in [3.05, 3.63) is 53.0 Å². The van der Waals surface area contributed by atoms with E-state index >= 15 is 0 Å². The molecule has 2 aromatic heterocycles. The number of amides is 1. The van der Waals surface area contributed by atoms with E-state index in [0.717, 1.165) is 30.0 Å². The summed E-state index contributed by atoms with van der Waals surface area (Å²) < 4.78 is 45.9. The zero-order valence-corrected chi connectivity index (χ0v) is 15.5. The molecule has 1 saturated carbocycles. The number of benzene rings is 1. The number of hydrogen-bond acceptors (Lipinski definition) is 5. The summed E-state index contributed by atoms with van der Waals surface area (Å²) in [6, 6.07) is 8.70. The summed E-state index contributed by atoms with van der Waals surface area (Å²) >= 11 is 0. The smallest absolute Gasteiger partial charge is 0.370 e. The summed E-state index contributed by atoms with van der Waals surface area (Å²) in [7, 11) is 0. The van der Waals surface area contributed by atoms with Crippen LogP contribution in [0, 0.1) is 6.92 Å². The van der Waals surface area contributed by atoms with E-state index in [9.17, 15) is 18.0 Å². The van der Waals surface area contributed by atoms with E-state index < -0.39 is 17.8 Å². The lowest BCUT2D eigenvalue weighted by Gasteiger charge is -2.13. The summed E-state index contributed by atoms with van der Waals surface area (Å²) in [4.78, 5) is 15.3. The molecule has 2 heterocycles. The van der Waals surface area contributed by atoms with Crippen molar-refractivity contribution in [2.75, 3.05) is 0 Å². The van der Waals surface area contributed by atoms with E-state index in [2.05, 4.69) is 15.2 Å². The predicted molar refractivity (Wildman–Crippen MR) is 95.5 cm³/mol. The van der Waals surface area contributed by atoms with Gasteiger partial charge in [0.05, 0.1) is 12.0 Å². The monoisotopic (exact) mass is 405 g/mol. The van der Waals surface area contributed by atoms with Crippen molar-refractivity contribution in [3.63, 3.8) is 0 Å². The Balaban J connectivity index is 1.68. The molecule has 10 heteroatoms. The average Bonchev–Trinajstić information content (AvgIpc) is 3.11. The van der Waals surface area contributed by atoms with Gasteiger partial charge in [-0.2, -0.15) is 23.3 Å². The van der Waals surface area contributed by atoms with Gasteiger partial charge >= 0.3 is 6.18 Å². The van der Waals surface area contributed by atoms with Crippen molar-refractivity contribution >= 4 is 5.91 Å². The molecule has 7 nitrogen and oxygen atoms in total. The topological polar surface area (TPSA) is 99.8 Å². The Morgan fingerprint density at radius 2 is 2.03 bits per heavy atom. The third-order valence-corrected chi connectivity index (χ3v) is 5.12. The van der Waals surface area contributed by atoms with Crippen LogP contribution in [0.1, 0.15) is 41.9 Å². The van der Waals surface area contributed by atoms with Gasteiger partial charge < -0.3 is 10.3 Å². The molecule has 0 unspecified atom stereocenters. The second-order valence-corrected chi connectivity index (χ2v) is 7.17. The highest BCUT2D eigenvalue weighted by atomic mass is 19.4. The zero-order chi connectivity index (χ0) is 20.8. The molecule has 0 saturated heterocycles. The summed E-state index contributed by atoms with van der Waals surface area (Å²) in [5.41, 5.74) is 5.73. The van der Waals surface area contributed by atoms with Gasteiger partial charge in [0.15, 0.2) is 11.5 Å². The van der Waals surface area contributed by atoms with Crippen molar-refractivity contribution in [2.24, 2.45) is 5.73 Å². The van der Waals surface area contributed by atoms with Gasteiger partial charge in [-0.3, -0.25) is 9.48 Å². The van der Waals surface area contributed by atoms with Crippen molar-refractivity contribution in [1.82, 2.24) is 19.9 Å². The van der Waals surface area contributed by atoms with Gasteiger partial charge in [0, 0.05) is 12.5 Å². The molecule has 29 heavy (non-hydrogen) atoms. The molecule has 2 N–H and O–H groups in total. The molecule has 4 rings (SSSR count).